The molecule has 1 saturated heterocycles. The first-order valence-electron chi connectivity index (χ1n) is 9.42. The van der Waals surface area contributed by atoms with Crippen molar-refractivity contribution in [1.82, 2.24) is 14.9 Å². The maximum Gasteiger partial charge on any atom is 0.240 e. The maximum atomic E-state index is 14.0. The highest BCUT2D eigenvalue weighted by Gasteiger charge is 2.21. The molecule has 0 aromatic heterocycles. The quantitative estimate of drug-likeness (QED) is 0.341. The highest BCUT2D eigenvalue weighted by Crippen LogP contribution is 2.20. The molecule has 30 heavy (non-hydrogen) atoms. The molecule has 164 valence electrons. The molecule has 2 aromatic carbocycles. The van der Waals surface area contributed by atoms with E-state index < -0.39 is 10.0 Å². The Morgan fingerprint density at radius 3 is 2.43 bits per heavy atom. The van der Waals surface area contributed by atoms with Gasteiger partial charge in [0.15, 0.2) is 5.96 Å². The lowest BCUT2D eigenvalue weighted by atomic mass is 10.2. The summed E-state index contributed by atoms with van der Waals surface area (Å²) in [6, 6.07) is 13.6. The summed E-state index contributed by atoms with van der Waals surface area (Å²) in [6.07, 6.45) is 0. The molecule has 0 unspecified atom stereocenters. The minimum atomic E-state index is -3.48. The molecular formula is C20H27FIN5O2S. The molecule has 0 saturated carbocycles. The Hall–Kier alpha value is -1.92. The first-order chi connectivity index (χ1) is 13.9. The van der Waals surface area contributed by atoms with Crippen molar-refractivity contribution >= 4 is 45.6 Å². The number of anilines is 1. The zero-order valence-electron chi connectivity index (χ0n) is 17.0. The molecule has 0 spiro atoms. The third kappa shape index (κ3) is 5.82. The summed E-state index contributed by atoms with van der Waals surface area (Å²) >= 11 is 0. The second kappa shape index (κ2) is 10.9. The minimum absolute atomic E-state index is 0. The number of hydrogen-bond acceptors (Lipinski definition) is 4. The predicted molar refractivity (Wildman–Crippen MR) is 128 cm³/mol. The number of halogens is 2. The van der Waals surface area contributed by atoms with Gasteiger partial charge in [0.05, 0.1) is 10.6 Å². The fourth-order valence-corrected chi connectivity index (χ4v) is 4.12. The van der Waals surface area contributed by atoms with Gasteiger partial charge in [0.2, 0.25) is 10.0 Å². The summed E-state index contributed by atoms with van der Waals surface area (Å²) in [4.78, 5) is 8.72. The molecule has 2 aromatic rings. The normalized spacial score (nSPS) is 15.0. The van der Waals surface area contributed by atoms with E-state index in [4.69, 9.17) is 0 Å². The van der Waals surface area contributed by atoms with Crippen LogP contribution in [-0.2, 0) is 16.6 Å². The van der Waals surface area contributed by atoms with Crippen molar-refractivity contribution in [2.75, 3.05) is 45.2 Å². The van der Waals surface area contributed by atoms with E-state index in [-0.39, 0.29) is 34.7 Å². The number of nitrogens with one attached hydrogen (secondary N) is 2. The van der Waals surface area contributed by atoms with Crippen molar-refractivity contribution in [1.29, 1.82) is 0 Å². The van der Waals surface area contributed by atoms with Gasteiger partial charge in [0, 0.05) is 39.8 Å². The largest absolute Gasteiger partial charge is 0.366 e. The Morgan fingerprint density at radius 2 is 1.80 bits per heavy atom. The van der Waals surface area contributed by atoms with E-state index in [0.29, 0.717) is 38.4 Å². The molecule has 7 nitrogen and oxygen atoms in total. The van der Waals surface area contributed by atoms with E-state index in [2.05, 4.69) is 19.9 Å². The topological polar surface area (TPSA) is 77.0 Å². The van der Waals surface area contributed by atoms with Gasteiger partial charge in [0.25, 0.3) is 0 Å². The zero-order valence-corrected chi connectivity index (χ0v) is 20.2. The number of para-hydroxylation sites is 1. The average molecular weight is 547 g/mol. The smallest absolute Gasteiger partial charge is 0.240 e. The van der Waals surface area contributed by atoms with Crippen LogP contribution in [0.15, 0.2) is 58.4 Å². The summed E-state index contributed by atoms with van der Waals surface area (Å²) in [7, 11) is -0.368. The molecule has 10 heteroatoms. The van der Waals surface area contributed by atoms with E-state index >= 15 is 0 Å². The van der Waals surface area contributed by atoms with Crippen molar-refractivity contribution in [2.45, 2.75) is 11.4 Å². The number of aliphatic imine (C=N–C) groups is 1. The molecule has 0 bridgehead atoms. The van der Waals surface area contributed by atoms with Gasteiger partial charge in [-0.3, -0.25) is 4.99 Å². The van der Waals surface area contributed by atoms with Crippen molar-refractivity contribution in [2.24, 2.45) is 4.99 Å². The lowest BCUT2D eigenvalue weighted by Gasteiger charge is -2.37. The molecule has 1 fully saturated rings. The minimum Gasteiger partial charge on any atom is -0.366 e. The molecule has 0 aliphatic carbocycles. The van der Waals surface area contributed by atoms with E-state index in [9.17, 15) is 12.8 Å². The zero-order chi connectivity index (χ0) is 20.9. The fourth-order valence-electron chi connectivity index (χ4n) is 3.32. The number of sulfonamides is 1. The number of benzene rings is 2. The van der Waals surface area contributed by atoms with Crippen LogP contribution in [0.1, 0.15) is 5.56 Å². The highest BCUT2D eigenvalue weighted by molar-refractivity contribution is 14.0. The van der Waals surface area contributed by atoms with Crippen LogP contribution in [0.5, 0.6) is 0 Å². The Labute approximate surface area is 194 Å². The lowest BCUT2D eigenvalue weighted by molar-refractivity contribution is 0.370. The van der Waals surface area contributed by atoms with E-state index in [1.807, 2.05) is 17.0 Å². The Kier molecular flexibility index (Phi) is 8.86. The highest BCUT2D eigenvalue weighted by atomic mass is 127. The van der Waals surface area contributed by atoms with Crippen molar-refractivity contribution in [3.05, 3.63) is 59.9 Å². The molecular weight excluding hydrogens is 520 g/mol. The number of hydrogen-bond donors (Lipinski definition) is 2. The van der Waals surface area contributed by atoms with Crippen LogP contribution in [0.25, 0.3) is 0 Å². The van der Waals surface area contributed by atoms with Crippen LogP contribution < -0.4 is 14.9 Å². The molecule has 1 aliphatic heterocycles. The van der Waals surface area contributed by atoms with Gasteiger partial charge < -0.3 is 15.1 Å². The van der Waals surface area contributed by atoms with Crippen LogP contribution in [0.3, 0.4) is 0 Å². The Bertz CT molecular complexity index is 979. The predicted octanol–water partition coefficient (Wildman–Crippen LogP) is 2.25. The van der Waals surface area contributed by atoms with Crippen LogP contribution in [0.2, 0.25) is 0 Å². The van der Waals surface area contributed by atoms with Gasteiger partial charge >= 0.3 is 0 Å². The number of piperazine rings is 1. The monoisotopic (exact) mass is 547 g/mol. The van der Waals surface area contributed by atoms with E-state index in [1.165, 1.54) is 13.1 Å². The summed E-state index contributed by atoms with van der Waals surface area (Å²) in [5.41, 5.74) is 1.46. The molecule has 3 rings (SSSR count). The molecule has 0 radical (unpaired) electrons. The van der Waals surface area contributed by atoms with E-state index in [0.717, 1.165) is 11.5 Å². The summed E-state index contributed by atoms with van der Waals surface area (Å²) in [5.74, 6) is 0.528. The summed E-state index contributed by atoms with van der Waals surface area (Å²) in [6.45, 7) is 3.26. The summed E-state index contributed by atoms with van der Waals surface area (Å²) in [5, 5.41) is 3.29. The van der Waals surface area contributed by atoms with Crippen LogP contribution in [0, 0.1) is 5.82 Å². The van der Waals surface area contributed by atoms with Gasteiger partial charge in [-0.1, -0.05) is 24.3 Å². The molecule has 1 heterocycles. The Balaban J connectivity index is 0.00000320. The first-order valence-corrected chi connectivity index (χ1v) is 10.9. The number of guanidine groups is 1. The fraction of sp³-hybridized carbons (Fsp3) is 0.350. The summed E-state index contributed by atoms with van der Waals surface area (Å²) < 4.78 is 40.3. The van der Waals surface area contributed by atoms with Crippen molar-refractivity contribution in [3.63, 3.8) is 0 Å². The third-order valence-corrected chi connectivity index (χ3v) is 6.32. The van der Waals surface area contributed by atoms with Gasteiger partial charge in [-0.15, -0.1) is 24.0 Å². The average Bonchev–Trinajstić information content (AvgIpc) is 2.75. The van der Waals surface area contributed by atoms with E-state index in [1.54, 1.807) is 37.4 Å². The Morgan fingerprint density at radius 1 is 1.10 bits per heavy atom. The SMILES string of the molecule is CN=C(NCc1cccc(S(=O)(=O)NC)c1)N1CCN(c2ccccc2F)CC1.I. The van der Waals surface area contributed by atoms with Crippen molar-refractivity contribution < 1.29 is 12.8 Å². The third-order valence-electron chi connectivity index (χ3n) is 4.91. The lowest BCUT2D eigenvalue weighted by Crippen LogP contribution is -2.52. The second-order valence-electron chi connectivity index (χ2n) is 6.68. The molecule has 1 aliphatic rings. The number of rotatable bonds is 5. The molecule has 0 amide bonds. The maximum absolute atomic E-state index is 14.0. The van der Waals surface area contributed by atoms with Gasteiger partial charge in [-0.25, -0.2) is 17.5 Å². The molecule has 0 atom stereocenters. The van der Waals surface area contributed by atoms with Crippen LogP contribution in [0.4, 0.5) is 10.1 Å². The second-order valence-corrected chi connectivity index (χ2v) is 8.57. The van der Waals surface area contributed by atoms with Crippen molar-refractivity contribution in [3.8, 4) is 0 Å². The van der Waals surface area contributed by atoms with Gasteiger partial charge in [-0.2, -0.15) is 0 Å². The molecule has 2 N–H and O–H groups in total. The van der Waals surface area contributed by atoms with Gasteiger partial charge in [-0.05, 0) is 36.9 Å². The standard InChI is InChI=1S/C20H26FN5O2S.HI/c1-22-20(24-15-16-6-5-7-17(14-16)29(27,28)23-2)26-12-10-25(11-13-26)19-9-4-3-8-18(19)21;/h3-9,14,23H,10-13,15H2,1-2H3,(H,22,24);1H. The van der Waals surface area contributed by atoms with Crippen LogP contribution in [-0.4, -0.2) is 59.6 Å². The number of nitrogens with zero attached hydrogens (tertiary/aromatic N) is 3. The van der Waals surface area contributed by atoms with Gasteiger partial charge in [0.1, 0.15) is 5.82 Å². The first kappa shape index (κ1) is 24.4. The van der Waals surface area contributed by atoms with Crippen LogP contribution >= 0.6 is 24.0 Å².